The number of nitrogens with zero attached hydrogens (tertiary/aromatic N) is 3. The third-order valence-electron chi connectivity index (χ3n) is 2.09. The monoisotopic (exact) mass is 254 g/mol. The predicted octanol–water partition coefficient (Wildman–Crippen LogP) is 2.30. The molecule has 18 heavy (non-hydrogen) atoms. The van der Waals surface area contributed by atoms with Gasteiger partial charge in [-0.15, -0.1) is 0 Å². The first-order valence-electron chi connectivity index (χ1n) is 5.89. The fraction of sp³-hybridized carbons (Fsp3) is 0.636. The van der Waals surface area contributed by atoms with Gasteiger partial charge in [-0.05, 0) is 27.2 Å². The molecular formula is C11H18N4O3. The summed E-state index contributed by atoms with van der Waals surface area (Å²) < 4.78 is 5.38. The van der Waals surface area contributed by atoms with Gasteiger partial charge >= 0.3 is 5.69 Å². The summed E-state index contributed by atoms with van der Waals surface area (Å²) in [6.45, 7) is 7.87. The van der Waals surface area contributed by atoms with Crippen LogP contribution in [0.15, 0.2) is 0 Å². The third kappa shape index (κ3) is 3.54. The van der Waals surface area contributed by atoms with Crippen LogP contribution in [-0.4, -0.2) is 27.5 Å². The number of aromatic nitrogens is 2. The van der Waals surface area contributed by atoms with Crippen LogP contribution in [0.3, 0.4) is 0 Å². The lowest BCUT2D eigenvalue weighted by atomic mass is 10.3. The van der Waals surface area contributed by atoms with Gasteiger partial charge in [-0.1, -0.05) is 6.92 Å². The fourth-order valence-corrected chi connectivity index (χ4v) is 1.37. The van der Waals surface area contributed by atoms with Crippen LogP contribution in [0.1, 0.15) is 32.9 Å². The SMILES string of the molecule is CCCNc1nc(C)c([N+](=O)[O-])c(OC(C)C)n1. The normalized spacial score (nSPS) is 10.5. The van der Waals surface area contributed by atoms with Crippen LogP contribution < -0.4 is 10.1 Å². The largest absolute Gasteiger partial charge is 0.470 e. The Morgan fingerprint density at radius 3 is 2.61 bits per heavy atom. The van der Waals surface area contributed by atoms with Crippen molar-refractivity contribution in [3.8, 4) is 5.88 Å². The lowest BCUT2D eigenvalue weighted by molar-refractivity contribution is -0.387. The molecule has 1 heterocycles. The van der Waals surface area contributed by atoms with E-state index in [0.717, 1.165) is 6.42 Å². The zero-order valence-electron chi connectivity index (χ0n) is 11.1. The second kappa shape index (κ2) is 6.13. The number of nitro groups is 1. The predicted molar refractivity (Wildman–Crippen MR) is 68.0 cm³/mol. The lowest BCUT2D eigenvalue weighted by Gasteiger charge is -2.11. The molecule has 1 N–H and O–H groups in total. The molecule has 0 fully saturated rings. The second-order valence-electron chi connectivity index (χ2n) is 4.14. The van der Waals surface area contributed by atoms with Gasteiger partial charge in [0.05, 0.1) is 11.0 Å². The maximum Gasteiger partial charge on any atom is 0.352 e. The first-order valence-corrected chi connectivity index (χ1v) is 5.89. The number of rotatable bonds is 6. The highest BCUT2D eigenvalue weighted by Crippen LogP contribution is 2.29. The quantitative estimate of drug-likeness (QED) is 0.618. The number of aryl methyl sites for hydroxylation is 1. The molecule has 0 unspecified atom stereocenters. The van der Waals surface area contributed by atoms with Crippen LogP contribution in [0.2, 0.25) is 0 Å². The summed E-state index contributed by atoms with van der Waals surface area (Å²) in [5, 5.41) is 14.0. The van der Waals surface area contributed by atoms with Crippen molar-refractivity contribution in [1.82, 2.24) is 9.97 Å². The van der Waals surface area contributed by atoms with Crippen LogP contribution in [0.5, 0.6) is 5.88 Å². The van der Waals surface area contributed by atoms with E-state index >= 15 is 0 Å². The summed E-state index contributed by atoms with van der Waals surface area (Å²) >= 11 is 0. The third-order valence-corrected chi connectivity index (χ3v) is 2.09. The Kier molecular flexibility index (Phi) is 4.82. The second-order valence-corrected chi connectivity index (χ2v) is 4.14. The van der Waals surface area contributed by atoms with Crippen LogP contribution in [0, 0.1) is 17.0 Å². The summed E-state index contributed by atoms with van der Waals surface area (Å²) in [6.07, 6.45) is 0.733. The molecule has 0 bridgehead atoms. The van der Waals surface area contributed by atoms with E-state index in [0.29, 0.717) is 18.2 Å². The fourth-order valence-electron chi connectivity index (χ4n) is 1.37. The molecule has 0 amide bonds. The molecule has 0 aromatic carbocycles. The van der Waals surface area contributed by atoms with Crippen LogP contribution in [-0.2, 0) is 0 Å². The van der Waals surface area contributed by atoms with Gasteiger partial charge in [-0.25, -0.2) is 4.98 Å². The van der Waals surface area contributed by atoms with E-state index in [2.05, 4.69) is 15.3 Å². The van der Waals surface area contributed by atoms with Gasteiger partial charge in [0.25, 0.3) is 5.88 Å². The number of hydrogen-bond donors (Lipinski definition) is 1. The van der Waals surface area contributed by atoms with Crippen molar-refractivity contribution in [2.75, 3.05) is 11.9 Å². The lowest BCUT2D eigenvalue weighted by Crippen LogP contribution is -2.13. The summed E-state index contributed by atoms with van der Waals surface area (Å²) in [4.78, 5) is 18.6. The van der Waals surface area contributed by atoms with Gasteiger partial charge in [0, 0.05) is 6.54 Å². The Morgan fingerprint density at radius 2 is 2.11 bits per heavy atom. The molecule has 0 saturated carbocycles. The van der Waals surface area contributed by atoms with Gasteiger partial charge in [0.15, 0.2) is 0 Å². The molecular weight excluding hydrogens is 236 g/mol. The van der Waals surface area contributed by atoms with Gasteiger partial charge in [0.2, 0.25) is 5.95 Å². The van der Waals surface area contributed by atoms with Crippen molar-refractivity contribution < 1.29 is 9.66 Å². The summed E-state index contributed by atoms with van der Waals surface area (Å²) in [6, 6.07) is 0. The van der Waals surface area contributed by atoms with Crippen LogP contribution >= 0.6 is 0 Å². The van der Waals surface area contributed by atoms with E-state index in [4.69, 9.17) is 4.74 Å². The first-order chi connectivity index (χ1) is 8.45. The van der Waals surface area contributed by atoms with Crippen molar-refractivity contribution in [2.45, 2.75) is 40.2 Å². The molecule has 0 aliphatic rings. The topological polar surface area (TPSA) is 90.2 Å². The summed E-state index contributed by atoms with van der Waals surface area (Å²) in [5.41, 5.74) is 0.120. The smallest absolute Gasteiger partial charge is 0.352 e. The number of anilines is 1. The molecule has 7 heteroatoms. The van der Waals surface area contributed by atoms with E-state index in [1.165, 1.54) is 0 Å². The maximum atomic E-state index is 11.0. The molecule has 1 aromatic rings. The van der Waals surface area contributed by atoms with E-state index in [-0.39, 0.29) is 17.7 Å². The molecule has 100 valence electrons. The molecule has 7 nitrogen and oxygen atoms in total. The molecule has 0 aliphatic carbocycles. The zero-order chi connectivity index (χ0) is 13.7. The van der Waals surface area contributed by atoms with E-state index in [1.54, 1.807) is 20.8 Å². The van der Waals surface area contributed by atoms with Gasteiger partial charge < -0.3 is 10.1 Å². The van der Waals surface area contributed by atoms with Crippen molar-refractivity contribution in [1.29, 1.82) is 0 Å². The Morgan fingerprint density at radius 1 is 1.44 bits per heavy atom. The molecule has 0 saturated heterocycles. The summed E-state index contributed by atoms with van der Waals surface area (Å²) in [7, 11) is 0. The van der Waals surface area contributed by atoms with Gasteiger partial charge in [0.1, 0.15) is 5.69 Å². The van der Waals surface area contributed by atoms with Gasteiger partial charge in [-0.3, -0.25) is 10.1 Å². The zero-order valence-corrected chi connectivity index (χ0v) is 11.1. The van der Waals surface area contributed by atoms with E-state index in [1.807, 2.05) is 6.92 Å². The highest BCUT2D eigenvalue weighted by Gasteiger charge is 2.24. The van der Waals surface area contributed by atoms with Crippen molar-refractivity contribution in [2.24, 2.45) is 0 Å². The van der Waals surface area contributed by atoms with E-state index in [9.17, 15) is 10.1 Å². The number of ether oxygens (including phenoxy) is 1. The van der Waals surface area contributed by atoms with Crippen molar-refractivity contribution in [3.05, 3.63) is 15.8 Å². The van der Waals surface area contributed by atoms with Gasteiger partial charge in [-0.2, -0.15) is 4.98 Å². The Bertz CT molecular complexity index is 435. The standard InChI is InChI=1S/C11H18N4O3/c1-5-6-12-11-13-8(4)9(15(16)17)10(14-11)18-7(2)3/h7H,5-6H2,1-4H3,(H,12,13,14). The Labute approximate surface area is 106 Å². The number of hydrogen-bond acceptors (Lipinski definition) is 6. The highest BCUT2D eigenvalue weighted by molar-refractivity contribution is 5.48. The molecule has 0 spiro atoms. The minimum Gasteiger partial charge on any atom is -0.470 e. The van der Waals surface area contributed by atoms with Crippen molar-refractivity contribution >= 4 is 11.6 Å². The Hall–Kier alpha value is -1.92. The maximum absolute atomic E-state index is 11.0. The average Bonchev–Trinajstić information content (AvgIpc) is 2.24. The van der Waals surface area contributed by atoms with Crippen molar-refractivity contribution in [3.63, 3.8) is 0 Å². The molecule has 0 radical (unpaired) electrons. The molecule has 1 aromatic heterocycles. The van der Waals surface area contributed by atoms with Crippen LogP contribution in [0.4, 0.5) is 11.6 Å². The molecule has 0 atom stereocenters. The average molecular weight is 254 g/mol. The molecule has 1 rings (SSSR count). The first kappa shape index (κ1) is 14.1. The Balaban J connectivity index is 3.14. The highest BCUT2D eigenvalue weighted by atomic mass is 16.6. The summed E-state index contributed by atoms with van der Waals surface area (Å²) in [5.74, 6) is 0.372. The van der Waals surface area contributed by atoms with Crippen LogP contribution in [0.25, 0.3) is 0 Å². The van der Waals surface area contributed by atoms with E-state index < -0.39 is 4.92 Å². The number of nitrogens with one attached hydrogen (secondary N) is 1. The minimum absolute atomic E-state index is 0.0149. The minimum atomic E-state index is -0.517. The molecule has 0 aliphatic heterocycles.